The van der Waals surface area contributed by atoms with Crippen LogP contribution in [0.4, 0.5) is 0 Å². The molecule has 0 fully saturated rings. The Morgan fingerprint density at radius 1 is 0.567 bits per heavy atom. The van der Waals surface area contributed by atoms with E-state index in [0.29, 0.717) is 12.8 Å². The summed E-state index contributed by atoms with van der Waals surface area (Å²) in [5, 5.41) is 7.57. The molecule has 0 bridgehead atoms. The minimum Gasteiger partial charge on any atom is -1.00 e. The van der Waals surface area contributed by atoms with Gasteiger partial charge in [-0.3, -0.25) is 0 Å². The minimum absolute atomic E-state index is 0. The summed E-state index contributed by atoms with van der Waals surface area (Å²) in [4.78, 5) is 20.5. The summed E-state index contributed by atoms with van der Waals surface area (Å²) in [7, 11) is 0. The van der Waals surface area contributed by atoms with Gasteiger partial charge in [-0.25, -0.2) is 0 Å². The van der Waals surface area contributed by atoms with E-state index in [0.717, 1.165) is 25.7 Å². The Morgan fingerprint density at radius 2 is 0.767 bits per heavy atom. The van der Waals surface area contributed by atoms with Gasteiger partial charge in [-0.1, -0.05) is 90.9 Å². The molecule has 0 saturated heterocycles. The third-order valence-electron chi connectivity index (χ3n) is 4.01. The zero-order valence-electron chi connectivity index (χ0n) is 19.5. The molecule has 0 rings (SSSR count). The third-order valence-corrected chi connectivity index (χ3v) is 4.01. The Labute approximate surface area is 214 Å². The van der Waals surface area contributed by atoms with E-state index in [-0.39, 0.29) is 53.1 Å². The number of nitrogens with one attached hydrogen (secondary N) is 2. The maximum Gasteiger partial charge on any atom is 4.00 e. The molecule has 0 spiro atoms. The number of aliphatic hydroxyl groups excluding tert-OH is 1. The van der Waals surface area contributed by atoms with Crippen LogP contribution in [0.5, 0.6) is 0 Å². The summed E-state index contributed by atoms with van der Waals surface area (Å²) in [5.41, 5.74) is 13.4. The maximum atomic E-state index is 10.2. The van der Waals surface area contributed by atoms with Crippen molar-refractivity contribution in [2.75, 3.05) is 6.61 Å². The van der Waals surface area contributed by atoms with Crippen molar-refractivity contribution in [1.82, 2.24) is 0 Å². The largest absolute Gasteiger partial charge is 4.00 e. The van der Waals surface area contributed by atoms with Crippen molar-refractivity contribution in [2.45, 2.75) is 124 Å². The molecule has 8 heteroatoms. The van der Waals surface area contributed by atoms with Gasteiger partial charge in [0.25, 0.3) is 0 Å². The summed E-state index contributed by atoms with van der Waals surface area (Å²) in [6.07, 6.45) is 17.9. The topological polar surface area (TPSA) is 102 Å². The van der Waals surface area contributed by atoms with Gasteiger partial charge in [0.2, 0.25) is 0 Å². The summed E-state index contributed by atoms with van der Waals surface area (Å²) >= 11 is 0. The van der Waals surface area contributed by atoms with E-state index in [4.69, 9.17) is 16.6 Å². The number of carbonyl (C=O) groups is 2. The quantitative estimate of drug-likeness (QED) is 0.254. The predicted molar refractivity (Wildman–Crippen MR) is 117 cm³/mol. The summed E-state index contributed by atoms with van der Waals surface area (Å²) in [6.45, 7) is 6.34. The van der Waals surface area contributed by atoms with Crippen LogP contribution in [0.15, 0.2) is 0 Å². The zero-order valence-corrected chi connectivity index (χ0v) is 22.6. The molecule has 0 aromatic heterocycles. The Morgan fingerprint density at radius 3 is 0.967 bits per heavy atom. The number of carbonyl (C=O) groups excluding carboxylic acids is 2. The van der Waals surface area contributed by atoms with Crippen LogP contribution in [0, 0.1) is 0 Å². The number of hydrogen-bond acceptors (Lipinski definition) is 3. The molecule has 3 N–H and O–H groups in total. The number of hydrogen-bond donors (Lipinski definition) is 1. The van der Waals surface area contributed by atoms with E-state index in [1.807, 2.05) is 0 Å². The number of amides is 2. The summed E-state index contributed by atoms with van der Waals surface area (Å²) < 4.78 is 0. The van der Waals surface area contributed by atoms with Gasteiger partial charge in [0.05, 0.1) is 0 Å². The molecule has 0 atom stereocenters. The monoisotopic (exact) mass is 504 g/mol. The first kappa shape index (κ1) is 44.0. The number of halogens is 2. The fourth-order valence-corrected chi connectivity index (χ4v) is 2.49. The van der Waals surface area contributed by atoms with Crippen LogP contribution in [0.1, 0.15) is 124 Å². The average molecular weight is 505 g/mol. The van der Waals surface area contributed by atoms with Gasteiger partial charge in [0.15, 0.2) is 0 Å². The van der Waals surface area contributed by atoms with Crippen LogP contribution in [-0.2, 0) is 31.3 Å². The van der Waals surface area contributed by atoms with Gasteiger partial charge in [-0.2, -0.15) is 0 Å². The molecule has 30 heavy (non-hydrogen) atoms. The van der Waals surface area contributed by atoms with Crippen LogP contribution in [0.25, 0.3) is 11.5 Å². The van der Waals surface area contributed by atoms with E-state index in [9.17, 15) is 9.59 Å². The molecule has 0 heterocycles. The summed E-state index contributed by atoms with van der Waals surface area (Å²) in [6, 6.07) is 0. The van der Waals surface area contributed by atoms with Crippen molar-refractivity contribution in [1.29, 1.82) is 0 Å². The van der Waals surface area contributed by atoms with E-state index >= 15 is 0 Å². The standard InChI is InChI=1S/2C10H21NO.C2H6O.2ClH.Ti/c2*1-2-3-4-5-6-7-8-9-10(11)12;1-2-3;;;/h2*2-9H2,1H3,(H2,11,12);3H,2H2,1H3;2*1H;/q;;;;;+4/p-4. The van der Waals surface area contributed by atoms with Crippen LogP contribution >= 0.6 is 0 Å². The van der Waals surface area contributed by atoms with Gasteiger partial charge in [-0.15, -0.1) is 0 Å². The Hall–Kier alpha value is 0.194. The van der Waals surface area contributed by atoms with E-state index in [2.05, 4.69) is 13.8 Å². The van der Waals surface area contributed by atoms with E-state index in [1.165, 1.54) is 64.2 Å². The molecule has 180 valence electrons. The first-order chi connectivity index (χ1) is 13.0. The van der Waals surface area contributed by atoms with Crippen molar-refractivity contribution in [3.8, 4) is 0 Å². The van der Waals surface area contributed by atoms with Gasteiger partial charge < -0.3 is 51.0 Å². The Kier molecular flexibility index (Phi) is 63.2. The molecule has 0 aliphatic carbocycles. The van der Waals surface area contributed by atoms with Crippen molar-refractivity contribution in [3.63, 3.8) is 0 Å². The molecule has 5 nitrogen and oxygen atoms in total. The second kappa shape index (κ2) is 43.1. The predicted octanol–water partition coefficient (Wildman–Crippen LogP) is 1.42. The molecule has 0 radical (unpaired) electrons. The average Bonchev–Trinajstić information content (AvgIpc) is 2.61. The van der Waals surface area contributed by atoms with Crippen molar-refractivity contribution in [2.24, 2.45) is 0 Å². The molecule has 0 aliphatic heterocycles. The first-order valence-corrected chi connectivity index (χ1v) is 11.1. The normalized spacial score (nSPS) is 8.67. The molecule has 0 aromatic rings. The second-order valence-electron chi connectivity index (χ2n) is 6.91. The number of unbranched alkanes of at least 4 members (excludes halogenated alkanes) is 12. The molecule has 2 amide bonds. The third kappa shape index (κ3) is 63.0. The Balaban J connectivity index is -0.0000000778. The van der Waals surface area contributed by atoms with Crippen molar-refractivity contribution >= 4 is 11.8 Å². The van der Waals surface area contributed by atoms with Gasteiger partial charge in [-0.05, 0) is 32.6 Å². The molecule has 0 saturated carbocycles. The fraction of sp³-hybridized carbons (Fsp3) is 0.909. The number of aliphatic hydroxyl groups is 1. The molecular formula is C22H46Cl2N2O3Ti. The van der Waals surface area contributed by atoms with Crippen LogP contribution in [-0.4, -0.2) is 23.5 Å². The van der Waals surface area contributed by atoms with E-state index in [1.54, 1.807) is 6.92 Å². The van der Waals surface area contributed by atoms with Crippen LogP contribution in [0.2, 0.25) is 0 Å². The first-order valence-electron chi connectivity index (χ1n) is 11.1. The fourth-order valence-electron chi connectivity index (χ4n) is 2.49. The minimum atomic E-state index is -0.413. The summed E-state index contributed by atoms with van der Waals surface area (Å²) in [5.74, 6) is -0.827. The molecule has 0 unspecified atom stereocenters. The van der Waals surface area contributed by atoms with Crippen molar-refractivity contribution in [3.05, 3.63) is 11.5 Å². The Bertz CT molecular complexity index is 286. The van der Waals surface area contributed by atoms with Gasteiger partial charge in [0.1, 0.15) is 0 Å². The molecule has 0 aliphatic rings. The van der Waals surface area contributed by atoms with Gasteiger partial charge >= 0.3 is 21.7 Å². The van der Waals surface area contributed by atoms with Gasteiger partial charge in [0, 0.05) is 18.4 Å². The number of rotatable bonds is 16. The van der Waals surface area contributed by atoms with Crippen LogP contribution < -0.4 is 24.8 Å². The smallest absolute Gasteiger partial charge is 1.00 e. The zero-order chi connectivity index (χ0) is 21.2. The molecular weight excluding hydrogens is 459 g/mol. The van der Waals surface area contributed by atoms with Crippen molar-refractivity contribution < 1.29 is 61.2 Å². The molecule has 0 aromatic carbocycles. The SMILES string of the molecule is CCCCCCCCCC([NH-])=O.CCCCCCCCCC([NH-])=O.CCO.[Cl-].[Cl-].[Ti+4]. The van der Waals surface area contributed by atoms with Crippen LogP contribution in [0.3, 0.4) is 0 Å². The maximum absolute atomic E-state index is 10.2. The second-order valence-corrected chi connectivity index (χ2v) is 6.91. The van der Waals surface area contributed by atoms with E-state index < -0.39 is 11.8 Å².